The number of nitrogens with zero attached hydrogens (tertiary/aromatic N) is 1. The van der Waals surface area contributed by atoms with Crippen LogP contribution in [0.15, 0.2) is 42.7 Å². The molecule has 4 nitrogen and oxygen atoms in total. The van der Waals surface area contributed by atoms with Crippen molar-refractivity contribution in [2.24, 2.45) is 0 Å². The van der Waals surface area contributed by atoms with Crippen LogP contribution in [0.25, 0.3) is 0 Å². The summed E-state index contributed by atoms with van der Waals surface area (Å²) in [5, 5.41) is 14.1. The number of halogens is 1. The standard InChI is InChI=1S/C16H15FN2O2/c17-13-7-6-11-3-1-5-15(14(11)9-13)18-16(20)12-4-2-8-19(21)10-12/h2,4,6-10,15H,1,3,5H2,(H,18,20). The predicted molar refractivity (Wildman–Crippen MR) is 74.9 cm³/mol. The number of pyridine rings is 1. The van der Waals surface area contributed by atoms with E-state index >= 15 is 0 Å². The zero-order valence-corrected chi connectivity index (χ0v) is 11.4. The number of fused-ring (bicyclic) bond motifs is 1. The Kier molecular flexibility index (Phi) is 3.56. The minimum Gasteiger partial charge on any atom is -0.619 e. The highest BCUT2D eigenvalue weighted by molar-refractivity contribution is 5.93. The Morgan fingerprint density at radius 2 is 2.24 bits per heavy atom. The van der Waals surface area contributed by atoms with Gasteiger partial charge in [0.05, 0.1) is 6.04 Å². The second kappa shape index (κ2) is 5.52. The van der Waals surface area contributed by atoms with Gasteiger partial charge in [0, 0.05) is 6.07 Å². The lowest BCUT2D eigenvalue weighted by Gasteiger charge is -2.26. The number of hydrogen-bond acceptors (Lipinski definition) is 2. The van der Waals surface area contributed by atoms with Crippen molar-refractivity contribution in [2.75, 3.05) is 0 Å². The summed E-state index contributed by atoms with van der Waals surface area (Å²) >= 11 is 0. The van der Waals surface area contributed by atoms with Crippen molar-refractivity contribution in [3.8, 4) is 0 Å². The zero-order valence-electron chi connectivity index (χ0n) is 11.4. The second-order valence-electron chi connectivity index (χ2n) is 5.21. The van der Waals surface area contributed by atoms with Crippen molar-refractivity contribution >= 4 is 5.91 Å². The van der Waals surface area contributed by atoms with E-state index in [0.29, 0.717) is 10.3 Å². The Morgan fingerprint density at radius 3 is 3.05 bits per heavy atom. The number of benzene rings is 1. The Bertz CT molecular complexity index is 688. The van der Waals surface area contributed by atoms with E-state index in [1.165, 1.54) is 30.6 Å². The van der Waals surface area contributed by atoms with Crippen molar-refractivity contribution in [1.82, 2.24) is 5.32 Å². The molecule has 1 heterocycles. The highest BCUT2D eigenvalue weighted by atomic mass is 19.1. The molecule has 1 aromatic heterocycles. The summed E-state index contributed by atoms with van der Waals surface area (Å²) in [5.74, 6) is -0.616. The van der Waals surface area contributed by atoms with Crippen molar-refractivity contribution in [2.45, 2.75) is 25.3 Å². The maximum Gasteiger partial charge on any atom is 0.257 e. The summed E-state index contributed by atoms with van der Waals surface area (Å²) in [6.45, 7) is 0. The topological polar surface area (TPSA) is 56.0 Å². The fourth-order valence-corrected chi connectivity index (χ4v) is 2.75. The third-order valence-electron chi connectivity index (χ3n) is 3.76. The van der Waals surface area contributed by atoms with Gasteiger partial charge in [0.2, 0.25) is 0 Å². The van der Waals surface area contributed by atoms with Crippen molar-refractivity contribution in [3.05, 3.63) is 70.4 Å². The van der Waals surface area contributed by atoms with Crippen molar-refractivity contribution < 1.29 is 13.9 Å². The van der Waals surface area contributed by atoms with Gasteiger partial charge in [-0.05, 0) is 48.6 Å². The molecule has 1 amide bonds. The van der Waals surface area contributed by atoms with Crippen LogP contribution >= 0.6 is 0 Å². The monoisotopic (exact) mass is 286 g/mol. The third-order valence-corrected chi connectivity index (χ3v) is 3.76. The molecule has 0 radical (unpaired) electrons. The fourth-order valence-electron chi connectivity index (χ4n) is 2.75. The molecule has 0 bridgehead atoms. The van der Waals surface area contributed by atoms with E-state index in [0.717, 1.165) is 30.4 Å². The Balaban J connectivity index is 1.83. The Hall–Kier alpha value is -2.43. The molecule has 108 valence electrons. The summed E-state index contributed by atoms with van der Waals surface area (Å²) in [6.07, 6.45) is 5.16. The number of carbonyl (C=O) groups is 1. The predicted octanol–water partition coefficient (Wildman–Crippen LogP) is 2.27. The van der Waals surface area contributed by atoms with Crippen LogP contribution in [0.2, 0.25) is 0 Å². The quantitative estimate of drug-likeness (QED) is 0.680. The average Bonchev–Trinajstić information content (AvgIpc) is 2.48. The van der Waals surface area contributed by atoms with Gasteiger partial charge >= 0.3 is 0 Å². The van der Waals surface area contributed by atoms with Crippen LogP contribution in [0.5, 0.6) is 0 Å². The molecule has 0 spiro atoms. The van der Waals surface area contributed by atoms with E-state index in [1.807, 2.05) is 0 Å². The maximum atomic E-state index is 13.4. The van der Waals surface area contributed by atoms with Gasteiger partial charge in [-0.15, -0.1) is 0 Å². The van der Waals surface area contributed by atoms with Crippen LogP contribution in [-0.2, 0) is 6.42 Å². The molecular formula is C16H15FN2O2. The summed E-state index contributed by atoms with van der Waals surface area (Å²) in [4.78, 5) is 12.2. The summed E-state index contributed by atoms with van der Waals surface area (Å²) < 4.78 is 14.0. The number of hydrogen-bond donors (Lipinski definition) is 1. The second-order valence-corrected chi connectivity index (χ2v) is 5.21. The van der Waals surface area contributed by atoms with Gasteiger partial charge in [-0.2, -0.15) is 4.73 Å². The lowest BCUT2D eigenvalue weighted by atomic mass is 9.87. The lowest BCUT2D eigenvalue weighted by molar-refractivity contribution is -0.605. The van der Waals surface area contributed by atoms with Gasteiger partial charge in [-0.1, -0.05) is 6.07 Å². The first kappa shape index (κ1) is 13.5. The van der Waals surface area contributed by atoms with Gasteiger partial charge in [0.1, 0.15) is 11.4 Å². The van der Waals surface area contributed by atoms with Gasteiger partial charge < -0.3 is 10.5 Å². The number of amides is 1. The first-order chi connectivity index (χ1) is 10.1. The number of nitrogens with one attached hydrogen (secondary N) is 1. The normalized spacial score (nSPS) is 17.1. The summed E-state index contributed by atoms with van der Waals surface area (Å²) in [6, 6.07) is 7.60. The number of rotatable bonds is 2. The molecule has 1 unspecified atom stereocenters. The molecule has 0 fully saturated rings. The Labute approximate surface area is 121 Å². The third kappa shape index (κ3) is 2.86. The van der Waals surface area contributed by atoms with Gasteiger partial charge in [0.15, 0.2) is 12.4 Å². The van der Waals surface area contributed by atoms with Crippen LogP contribution in [-0.4, -0.2) is 5.91 Å². The zero-order chi connectivity index (χ0) is 14.8. The van der Waals surface area contributed by atoms with Crippen LogP contribution in [0.1, 0.15) is 40.4 Å². The van der Waals surface area contributed by atoms with Gasteiger partial charge in [-0.3, -0.25) is 4.79 Å². The summed E-state index contributed by atoms with van der Waals surface area (Å²) in [7, 11) is 0. The molecule has 3 rings (SSSR count). The van der Waals surface area contributed by atoms with Crippen LogP contribution in [0.3, 0.4) is 0 Å². The van der Waals surface area contributed by atoms with E-state index in [9.17, 15) is 14.4 Å². The van der Waals surface area contributed by atoms with E-state index < -0.39 is 0 Å². The minimum absolute atomic E-state index is 0.211. The molecule has 21 heavy (non-hydrogen) atoms. The molecular weight excluding hydrogens is 271 g/mol. The molecule has 1 atom stereocenters. The number of aryl methyl sites for hydroxylation is 1. The minimum atomic E-state index is -0.317. The first-order valence-corrected chi connectivity index (χ1v) is 6.91. The molecule has 1 N–H and O–H groups in total. The van der Waals surface area contributed by atoms with E-state index in [2.05, 4.69) is 5.32 Å². The molecule has 0 saturated carbocycles. The Morgan fingerprint density at radius 1 is 1.38 bits per heavy atom. The van der Waals surface area contributed by atoms with E-state index in [1.54, 1.807) is 12.1 Å². The van der Waals surface area contributed by atoms with Crippen LogP contribution in [0, 0.1) is 11.0 Å². The average molecular weight is 286 g/mol. The molecule has 0 aliphatic heterocycles. The SMILES string of the molecule is O=C(NC1CCCc2ccc(F)cc21)c1ccc[n+]([O-])c1. The number of carbonyl (C=O) groups excluding carboxylic acids is 1. The maximum absolute atomic E-state index is 13.4. The molecule has 1 aromatic carbocycles. The highest BCUT2D eigenvalue weighted by Gasteiger charge is 2.23. The lowest BCUT2D eigenvalue weighted by Crippen LogP contribution is -2.33. The smallest absolute Gasteiger partial charge is 0.257 e. The van der Waals surface area contributed by atoms with Crippen LogP contribution < -0.4 is 10.0 Å². The molecule has 2 aromatic rings. The van der Waals surface area contributed by atoms with E-state index in [4.69, 9.17) is 0 Å². The highest BCUT2D eigenvalue weighted by Crippen LogP contribution is 2.30. The largest absolute Gasteiger partial charge is 0.619 e. The summed E-state index contributed by atoms with van der Waals surface area (Å²) in [5.41, 5.74) is 2.21. The molecule has 1 aliphatic carbocycles. The van der Waals surface area contributed by atoms with Crippen molar-refractivity contribution in [3.63, 3.8) is 0 Å². The first-order valence-electron chi connectivity index (χ1n) is 6.91. The number of aromatic nitrogens is 1. The van der Waals surface area contributed by atoms with Gasteiger partial charge in [-0.25, -0.2) is 4.39 Å². The van der Waals surface area contributed by atoms with Crippen LogP contribution in [0.4, 0.5) is 4.39 Å². The fraction of sp³-hybridized carbons (Fsp3) is 0.250. The van der Waals surface area contributed by atoms with Gasteiger partial charge in [0.25, 0.3) is 5.91 Å². The molecule has 5 heteroatoms. The molecule has 0 saturated heterocycles. The van der Waals surface area contributed by atoms with E-state index in [-0.39, 0.29) is 17.8 Å². The van der Waals surface area contributed by atoms with Crippen molar-refractivity contribution in [1.29, 1.82) is 0 Å². The molecule has 1 aliphatic rings.